The number of amides is 1. The molecule has 1 amide bonds. The minimum Gasteiger partial charge on any atom is -0.494 e. The molecule has 2 heterocycles. The fraction of sp³-hybridized carbons (Fsp3) is 0.111. The van der Waals surface area contributed by atoms with Gasteiger partial charge in [0.25, 0.3) is 11.5 Å². The number of benzene rings is 1. The highest BCUT2D eigenvalue weighted by molar-refractivity contribution is 5.93. The van der Waals surface area contributed by atoms with E-state index in [1.54, 1.807) is 18.3 Å². The Labute approximate surface area is 152 Å². The van der Waals surface area contributed by atoms with Gasteiger partial charge in [-0.1, -0.05) is 6.07 Å². The largest absolute Gasteiger partial charge is 0.494 e. The number of hydrogen-bond donors (Lipinski definition) is 2. The van der Waals surface area contributed by atoms with Crippen molar-refractivity contribution in [2.24, 2.45) is 0 Å². The lowest BCUT2D eigenvalue weighted by molar-refractivity contribution is 0.0948. The number of aromatic amines is 1. The van der Waals surface area contributed by atoms with Crippen molar-refractivity contribution in [2.45, 2.75) is 6.54 Å². The van der Waals surface area contributed by atoms with Gasteiger partial charge < -0.3 is 15.0 Å². The van der Waals surface area contributed by atoms with E-state index in [1.165, 1.54) is 25.4 Å². The van der Waals surface area contributed by atoms with Gasteiger partial charge in [-0.25, -0.2) is 9.37 Å². The van der Waals surface area contributed by atoms with Crippen LogP contribution in [0.3, 0.4) is 0 Å². The van der Waals surface area contributed by atoms with Crippen molar-refractivity contribution < 1.29 is 18.3 Å². The molecule has 2 aromatic heterocycles. The summed E-state index contributed by atoms with van der Waals surface area (Å²) < 4.78 is 32.3. The third-order valence-electron chi connectivity index (χ3n) is 3.77. The molecule has 0 radical (unpaired) electrons. The smallest absolute Gasteiger partial charge is 0.264 e. The third kappa shape index (κ3) is 3.81. The van der Waals surface area contributed by atoms with Gasteiger partial charge in [0.05, 0.1) is 7.11 Å². The summed E-state index contributed by atoms with van der Waals surface area (Å²) in [4.78, 5) is 34.8. The number of carbonyl (C=O) groups is 1. The first-order valence-corrected chi connectivity index (χ1v) is 7.80. The Hall–Kier alpha value is -3.62. The van der Waals surface area contributed by atoms with Crippen LogP contribution in [0.25, 0.3) is 11.4 Å². The third-order valence-corrected chi connectivity index (χ3v) is 3.77. The number of ether oxygens (including phenoxy) is 1. The van der Waals surface area contributed by atoms with Crippen LogP contribution in [0.15, 0.2) is 47.7 Å². The Bertz CT molecular complexity index is 1040. The normalized spacial score (nSPS) is 10.5. The average Bonchev–Trinajstić information content (AvgIpc) is 2.69. The first-order valence-electron chi connectivity index (χ1n) is 7.80. The van der Waals surface area contributed by atoms with E-state index >= 15 is 0 Å². The minimum absolute atomic E-state index is 0.0852. The monoisotopic (exact) mass is 372 g/mol. The van der Waals surface area contributed by atoms with Crippen molar-refractivity contribution >= 4 is 5.91 Å². The first-order chi connectivity index (χ1) is 13.0. The lowest BCUT2D eigenvalue weighted by Crippen LogP contribution is -2.30. The number of pyridine rings is 1. The number of carbonyl (C=O) groups excluding carboxylic acids is 1. The molecule has 1 aromatic carbocycles. The summed E-state index contributed by atoms with van der Waals surface area (Å²) in [5.41, 5.74) is -0.421. The Morgan fingerprint density at radius 2 is 2.04 bits per heavy atom. The summed E-state index contributed by atoms with van der Waals surface area (Å²) in [6.07, 6.45) is 4.20. The highest BCUT2D eigenvalue weighted by atomic mass is 19.2. The molecule has 27 heavy (non-hydrogen) atoms. The zero-order valence-corrected chi connectivity index (χ0v) is 14.1. The molecule has 138 valence electrons. The molecule has 0 aliphatic heterocycles. The second-order valence-corrected chi connectivity index (χ2v) is 5.45. The maximum atomic E-state index is 13.9. The predicted octanol–water partition coefficient (Wildman–Crippen LogP) is 2.05. The Kier molecular flexibility index (Phi) is 5.20. The van der Waals surface area contributed by atoms with Gasteiger partial charge in [0.15, 0.2) is 11.6 Å². The molecule has 0 aliphatic rings. The van der Waals surface area contributed by atoms with E-state index < -0.39 is 23.1 Å². The van der Waals surface area contributed by atoms with Crippen LogP contribution in [0.2, 0.25) is 0 Å². The molecule has 0 spiro atoms. The van der Waals surface area contributed by atoms with Gasteiger partial charge in [0, 0.05) is 36.3 Å². The summed E-state index contributed by atoms with van der Waals surface area (Å²) in [5, 5.41) is 2.36. The summed E-state index contributed by atoms with van der Waals surface area (Å²) in [6, 6.07) is 5.91. The highest BCUT2D eigenvalue weighted by Crippen LogP contribution is 2.22. The van der Waals surface area contributed by atoms with Gasteiger partial charge in [-0.3, -0.25) is 14.6 Å². The first kappa shape index (κ1) is 18.2. The lowest BCUT2D eigenvalue weighted by atomic mass is 10.2. The molecule has 0 unspecified atom stereocenters. The maximum absolute atomic E-state index is 13.9. The summed E-state index contributed by atoms with van der Waals surface area (Å²) in [6.45, 7) is -0.310. The summed E-state index contributed by atoms with van der Waals surface area (Å²) in [5.74, 6) is -3.03. The van der Waals surface area contributed by atoms with Crippen molar-refractivity contribution in [3.63, 3.8) is 0 Å². The number of hydrogen-bond acceptors (Lipinski definition) is 5. The van der Waals surface area contributed by atoms with Gasteiger partial charge in [0.1, 0.15) is 11.4 Å². The van der Waals surface area contributed by atoms with Crippen molar-refractivity contribution in [1.29, 1.82) is 0 Å². The molecule has 3 rings (SSSR count). The number of methoxy groups -OCH3 is 1. The summed E-state index contributed by atoms with van der Waals surface area (Å²) >= 11 is 0. The van der Waals surface area contributed by atoms with E-state index in [9.17, 15) is 18.4 Å². The van der Waals surface area contributed by atoms with E-state index in [0.29, 0.717) is 5.56 Å². The number of nitrogens with one attached hydrogen (secondary N) is 2. The second kappa shape index (κ2) is 7.73. The maximum Gasteiger partial charge on any atom is 0.264 e. The molecule has 0 fully saturated rings. The fourth-order valence-electron chi connectivity index (χ4n) is 2.34. The van der Waals surface area contributed by atoms with E-state index in [0.717, 1.165) is 6.20 Å². The van der Waals surface area contributed by atoms with Crippen molar-refractivity contribution in [3.05, 3.63) is 76.0 Å². The van der Waals surface area contributed by atoms with Gasteiger partial charge in [-0.15, -0.1) is 0 Å². The Morgan fingerprint density at radius 3 is 2.70 bits per heavy atom. The highest BCUT2D eigenvalue weighted by Gasteiger charge is 2.16. The van der Waals surface area contributed by atoms with Gasteiger partial charge in [-0.05, 0) is 18.2 Å². The quantitative estimate of drug-likeness (QED) is 0.715. The van der Waals surface area contributed by atoms with Crippen LogP contribution in [0, 0.1) is 11.6 Å². The van der Waals surface area contributed by atoms with E-state index in [4.69, 9.17) is 0 Å². The zero-order valence-electron chi connectivity index (χ0n) is 14.1. The van der Waals surface area contributed by atoms with Crippen LogP contribution in [-0.4, -0.2) is 28.0 Å². The summed E-state index contributed by atoms with van der Waals surface area (Å²) in [7, 11) is 1.22. The second-order valence-electron chi connectivity index (χ2n) is 5.45. The molecule has 3 aromatic rings. The SMILES string of the molecule is COc1ccc(CNC(=O)c2cnc(-c3cccnc3)[nH]c2=O)c(F)c1F. The van der Waals surface area contributed by atoms with Gasteiger partial charge >= 0.3 is 0 Å². The molecule has 2 N–H and O–H groups in total. The Balaban J connectivity index is 1.76. The molecular weight excluding hydrogens is 358 g/mol. The molecule has 0 bridgehead atoms. The van der Waals surface area contributed by atoms with Crippen LogP contribution in [0.1, 0.15) is 15.9 Å². The van der Waals surface area contributed by atoms with Crippen molar-refractivity contribution in [3.8, 4) is 17.1 Å². The van der Waals surface area contributed by atoms with Crippen LogP contribution >= 0.6 is 0 Å². The number of rotatable bonds is 5. The van der Waals surface area contributed by atoms with Crippen molar-refractivity contribution in [2.75, 3.05) is 7.11 Å². The standard InChI is InChI=1S/C18H14F2N4O3/c1-27-13-5-4-10(14(19)15(13)20)8-23-17(25)12-9-22-16(24-18(12)26)11-3-2-6-21-7-11/h2-7,9H,8H2,1H3,(H,23,25)(H,22,24,26). The molecule has 0 saturated heterocycles. The van der Waals surface area contributed by atoms with Gasteiger partial charge in [-0.2, -0.15) is 4.39 Å². The molecule has 0 saturated carbocycles. The van der Waals surface area contributed by atoms with Crippen LogP contribution < -0.4 is 15.6 Å². The average molecular weight is 372 g/mol. The van der Waals surface area contributed by atoms with E-state index in [-0.39, 0.29) is 29.2 Å². The number of halogens is 2. The molecule has 0 atom stereocenters. The topological polar surface area (TPSA) is 97.0 Å². The number of H-pyrrole nitrogens is 1. The lowest BCUT2D eigenvalue weighted by Gasteiger charge is -2.09. The molecule has 9 heteroatoms. The number of aromatic nitrogens is 3. The molecule has 7 nitrogen and oxygen atoms in total. The number of nitrogens with zero attached hydrogens (tertiary/aromatic N) is 2. The van der Waals surface area contributed by atoms with Crippen LogP contribution in [-0.2, 0) is 6.54 Å². The molecular formula is C18H14F2N4O3. The van der Waals surface area contributed by atoms with E-state index in [2.05, 4.69) is 25.0 Å². The van der Waals surface area contributed by atoms with Crippen molar-refractivity contribution in [1.82, 2.24) is 20.3 Å². The fourth-order valence-corrected chi connectivity index (χ4v) is 2.34. The van der Waals surface area contributed by atoms with Crippen LogP contribution in [0.5, 0.6) is 5.75 Å². The van der Waals surface area contributed by atoms with Gasteiger partial charge in [0.2, 0.25) is 5.82 Å². The Morgan fingerprint density at radius 1 is 1.22 bits per heavy atom. The minimum atomic E-state index is -1.15. The zero-order chi connectivity index (χ0) is 19.4. The van der Waals surface area contributed by atoms with Crippen LogP contribution in [0.4, 0.5) is 8.78 Å². The predicted molar refractivity (Wildman–Crippen MR) is 92.2 cm³/mol. The molecule has 0 aliphatic carbocycles. The van der Waals surface area contributed by atoms with E-state index in [1.807, 2.05) is 0 Å².